The smallest absolute Gasteiger partial charge is 0.311 e. The van der Waals surface area contributed by atoms with Crippen molar-refractivity contribution >= 4 is 11.8 Å². The molecule has 6 heteroatoms. The number of carbonyl (C=O) groups is 1. The van der Waals surface area contributed by atoms with Crippen molar-refractivity contribution in [3.8, 4) is 11.3 Å². The van der Waals surface area contributed by atoms with Gasteiger partial charge in [-0.25, -0.2) is 0 Å². The predicted octanol–water partition coefficient (Wildman–Crippen LogP) is 2.07. The molecule has 1 aromatic carbocycles. The molecular formula is C18H19N3O3. The van der Waals surface area contributed by atoms with Crippen LogP contribution in [-0.4, -0.2) is 47.6 Å². The fourth-order valence-corrected chi connectivity index (χ4v) is 3.73. The van der Waals surface area contributed by atoms with Crippen LogP contribution in [0.25, 0.3) is 11.3 Å². The number of hydrogen-bond donors (Lipinski definition) is 1. The Labute approximate surface area is 140 Å². The second-order valence-electron chi connectivity index (χ2n) is 6.51. The molecule has 0 saturated carbocycles. The number of aromatic nitrogens is 2. The maximum atomic E-state index is 11.9. The Kier molecular flexibility index (Phi) is 3.69. The molecule has 0 amide bonds. The maximum Gasteiger partial charge on any atom is 0.311 e. The van der Waals surface area contributed by atoms with Gasteiger partial charge in [-0.2, -0.15) is 0 Å². The number of carboxylic acid groups (broad SMARTS) is 1. The number of rotatable bonds is 3. The quantitative estimate of drug-likeness (QED) is 0.931. The van der Waals surface area contributed by atoms with Gasteiger partial charge in [0.1, 0.15) is 0 Å². The molecule has 2 aliphatic heterocycles. The molecule has 0 bridgehead atoms. The zero-order valence-corrected chi connectivity index (χ0v) is 13.3. The summed E-state index contributed by atoms with van der Waals surface area (Å²) >= 11 is 0. The highest BCUT2D eigenvalue weighted by molar-refractivity contribution is 5.77. The first-order valence-corrected chi connectivity index (χ1v) is 8.14. The highest BCUT2D eigenvalue weighted by Gasteiger charge is 2.54. The lowest BCUT2D eigenvalue weighted by molar-refractivity contribution is -0.157. The summed E-state index contributed by atoms with van der Waals surface area (Å²) in [5.74, 6) is -0.00350. The van der Waals surface area contributed by atoms with E-state index in [-0.39, 0.29) is 5.92 Å². The average molecular weight is 325 g/mol. The standard InChI is InChI=1S/C18H19N3O3/c22-17(23)18-8-9-24-11-14(18)10-21(12-18)16-7-6-15(19-20-16)13-4-2-1-3-5-13/h1-7,14H,8-12H2,(H,22,23)/t14-,18+/m1/s1. The molecule has 3 heterocycles. The van der Waals surface area contributed by atoms with Gasteiger partial charge in [0.25, 0.3) is 0 Å². The topological polar surface area (TPSA) is 75.6 Å². The van der Waals surface area contributed by atoms with Crippen molar-refractivity contribution in [3.63, 3.8) is 0 Å². The summed E-state index contributed by atoms with van der Waals surface area (Å²) in [5.41, 5.74) is 1.10. The van der Waals surface area contributed by atoms with Crippen molar-refractivity contribution in [3.05, 3.63) is 42.5 Å². The number of benzene rings is 1. The Bertz CT molecular complexity index is 735. The Balaban J connectivity index is 1.58. The van der Waals surface area contributed by atoms with Gasteiger partial charge in [0.2, 0.25) is 0 Å². The molecule has 2 atom stereocenters. The molecule has 2 aromatic rings. The Morgan fingerprint density at radius 2 is 2.04 bits per heavy atom. The maximum absolute atomic E-state index is 11.9. The molecule has 1 aromatic heterocycles. The fourth-order valence-electron chi connectivity index (χ4n) is 3.73. The lowest BCUT2D eigenvalue weighted by atomic mass is 9.74. The van der Waals surface area contributed by atoms with E-state index in [9.17, 15) is 9.90 Å². The normalized spacial score (nSPS) is 26.2. The van der Waals surface area contributed by atoms with Crippen molar-refractivity contribution in [2.24, 2.45) is 11.3 Å². The van der Waals surface area contributed by atoms with Crippen LogP contribution in [0.15, 0.2) is 42.5 Å². The van der Waals surface area contributed by atoms with Crippen LogP contribution in [0.5, 0.6) is 0 Å². The molecule has 0 aliphatic carbocycles. The van der Waals surface area contributed by atoms with Gasteiger partial charge in [-0.05, 0) is 18.6 Å². The SMILES string of the molecule is O=C(O)[C@]12CCOC[C@H]1CN(c1ccc(-c3ccccc3)nn1)C2. The first-order chi connectivity index (χ1) is 11.7. The summed E-state index contributed by atoms with van der Waals surface area (Å²) in [6, 6.07) is 13.7. The zero-order chi connectivity index (χ0) is 16.6. The summed E-state index contributed by atoms with van der Waals surface area (Å²) in [6.45, 7) is 2.12. The lowest BCUT2D eigenvalue weighted by Crippen LogP contribution is -2.44. The summed E-state index contributed by atoms with van der Waals surface area (Å²) in [6.07, 6.45) is 0.555. The average Bonchev–Trinajstić information content (AvgIpc) is 3.04. The van der Waals surface area contributed by atoms with E-state index < -0.39 is 11.4 Å². The monoisotopic (exact) mass is 325 g/mol. The molecule has 0 spiro atoms. The second kappa shape index (κ2) is 5.87. The van der Waals surface area contributed by atoms with Gasteiger partial charge in [0, 0.05) is 31.2 Å². The summed E-state index contributed by atoms with van der Waals surface area (Å²) in [5, 5.41) is 18.4. The summed E-state index contributed by atoms with van der Waals surface area (Å²) < 4.78 is 5.49. The fraction of sp³-hybridized carbons (Fsp3) is 0.389. The number of ether oxygens (including phenoxy) is 1. The molecule has 2 aliphatic rings. The number of nitrogens with zero attached hydrogens (tertiary/aromatic N) is 3. The van der Waals surface area contributed by atoms with Crippen LogP contribution < -0.4 is 4.90 Å². The Morgan fingerprint density at radius 3 is 2.71 bits per heavy atom. The molecule has 0 unspecified atom stereocenters. The molecule has 0 radical (unpaired) electrons. The van der Waals surface area contributed by atoms with Gasteiger partial charge in [0.05, 0.1) is 17.7 Å². The summed E-state index contributed by atoms with van der Waals surface area (Å²) in [7, 11) is 0. The van der Waals surface area contributed by atoms with E-state index in [0.29, 0.717) is 32.7 Å². The summed E-state index contributed by atoms with van der Waals surface area (Å²) in [4.78, 5) is 13.9. The molecule has 2 saturated heterocycles. The predicted molar refractivity (Wildman–Crippen MR) is 88.7 cm³/mol. The third-order valence-electron chi connectivity index (χ3n) is 5.18. The number of carboxylic acids is 1. The van der Waals surface area contributed by atoms with Crippen molar-refractivity contribution < 1.29 is 14.6 Å². The molecular weight excluding hydrogens is 306 g/mol. The van der Waals surface area contributed by atoms with Crippen LogP contribution in [0, 0.1) is 11.3 Å². The van der Waals surface area contributed by atoms with Crippen molar-refractivity contribution in [2.75, 3.05) is 31.2 Å². The van der Waals surface area contributed by atoms with E-state index >= 15 is 0 Å². The van der Waals surface area contributed by atoms with Crippen LogP contribution in [-0.2, 0) is 9.53 Å². The second-order valence-corrected chi connectivity index (χ2v) is 6.51. The van der Waals surface area contributed by atoms with E-state index in [2.05, 4.69) is 10.2 Å². The molecule has 4 rings (SSSR count). The van der Waals surface area contributed by atoms with E-state index in [1.807, 2.05) is 47.4 Å². The van der Waals surface area contributed by atoms with Crippen LogP contribution in [0.1, 0.15) is 6.42 Å². The number of hydrogen-bond acceptors (Lipinski definition) is 5. The number of aliphatic carboxylic acids is 1. The Hall–Kier alpha value is -2.47. The third-order valence-corrected chi connectivity index (χ3v) is 5.18. The van der Waals surface area contributed by atoms with Gasteiger partial charge in [-0.15, -0.1) is 10.2 Å². The molecule has 1 N–H and O–H groups in total. The zero-order valence-electron chi connectivity index (χ0n) is 13.3. The van der Waals surface area contributed by atoms with Crippen LogP contribution in [0.3, 0.4) is 0 Å². The molecule has 2 fully saturated rings. The van der Waals surface area contributed by atoms with E-state index in [1.54, 1.807) is 0 Å². The first kappa shape index (κ1) is 15.1. The van der Waals surface area contributed by atoms with Crippen LogP contribution in [0.4, 0.5) is 5.82 Å². The van der Waals surface area contributed by atoms with Gasteiger partial charge < -0.3 is 14.7 Å². The lowest BCUT2D eigenvalue weighted by Gasteiger charge is -2.33. The van der Waals surface area contributed by atoms with Crippen LogP contribution in [0.2, 0.25) is 0 Å². The number of fused-ring (bicyclic) bond motifs is 1. The highest BCUT2D eigenvalue weighted by Crippen LogP contribution is 2.43. The van der Waals surface area contributed by atoms with Crippen molar-refractivity contribution in [2.45, 2.75) is 6.42 Å². The van der Waals surface area contributed by atoms with E-state index in [4.69, 9.17) is 4.74 Å². The Morgan fingerprint density at radius 1 is 1.21 bits per heavy atom. The van der Waals surface area contributed by atoms with E-state index in [0.717, 1.165) is 17.1 Å². The third kappa shape index (κ3) is 2.43. The minimum Gasteiger partial charge on any atom is -0.481 e. The van der Waals surface area contributed by atoms with Gasteiger partial charge in [-0.3, -0.25) is 4.79 Å². The minimum absolute atomic E-state index is 0.000602. The van der Waals surface area contributed by atoms with Gasteiger partial charge >= 0.3 is 5.97 Å². The van der Waals surface area contributed by atoms with Crippen LogP contribution >= 0.6 is 0 Å². The molecule has 6 nitrogen and oxygen atoms in total. The van der Waals surface area contributed by atoms with E-state index in [1.165, 1.54) is 0 Å². The minimum atomic E-state index is -0.729. The van der Waals surface area contributed by atoms with Gasteiger partial charge in [-0.1, -0.05) is 30.3 Å². The number of anilines is 1. The highest BCUT2D eigenvalue weighted by atomic mass is 16.5. The first-order valence-electron chi connectivity index (χ1n) is 8.14. The molecule has 24 heavy (non-hydrogen) atoms. The largest absolute Gasteiger partial charge is 0.481 e. The van der Waals surface area contributed by atoms with Crippen molar-refractivity contribution in [1.29, 1.82) is 0 Å². The molecule has 124 valence electrons. The van der Waals surface area contributed by atoms with Crippen molar-refractivity contribution in [1.82, 2.24) is 10.2 Å². The van der Waals surface area contributed by atoms with Gasteiger partial charge in [0.15, 0.2) is 5.82 Å².